The molecular weight excluding hydrogens is 322 g/mol. The van der Waals surface area contributed by atoms with Gasteiger partial charge in [0.25, 0.3) is 0 Å². The van der Waals surface area contributed by atoms with Gasteiger partial charge in [0.15, 0.2) is 5.96 Å². The zero-order valence-corrected chi connectivity index (χ0v) is 18.2. The van der Waals surface area contributed by atoms with Crippen LogP contribution in [0.5, 0.6) is 0 Å². The average molecular weight is 368 g/mol. The summed E-state index contributed by atoms with van der Waals surface area (Å²) in [5.74, 6) is 1.90. The topological polar surface area (TPSA) is 42.9 Å². The van der Waals surface area contributed by atoms with Gasteiger partial charge >= 0.3 is 0 Å². The first-order valence-corrected chi connectivity index (χ1v) is 11.1. The van der Waals surface area contributed by atoms with Crippen molar-refractivity contribution in [1.82, 2.24) is 20.4 Å². The van der Waals surface area contributed by atoms with Crippen molar-refractivity contribution < 1.29 is 0 Å². The number of nitrogens with zero attached hydrogens (tertiary/aromatic N) is 3. The van der Waals surface area contributed by atoms with Crippen LogP contribution < -0.4 is 10.6 Å². The first-order valence-electron chi connectivity index (χ1n) is 11.1. The number of hydrogen-bond acceptors (Lipinski definition) is 3. The van der Waals surface area contributed by atoms with E-state index in [4.69, 9.17) is 4.99 Å². The van der Waals surface area contributed by atoms with Crippen molar-refractivity contribution in [3.05, 3.63) is 0 Å². The molecule has 1 unspecified atom stereocenters. The average Bonchev–Trinajstić information content (AvgIpc) is 2.64. The van der Waals surface area contributed by atoms with Crippen LogP contribution in [0.25, 0.3) is 0 Å². The maximum absolute atomic E-state index is 4.79. The summed E-state index contributed by atoms with van der Waals surface area (Å²) in [4.78, 5) is 9.88. The van der Waals surface area contributed by atoms with Gasteiger partial charge in [0.2, 0.25) is 0 Å². The van der Waals surface area contributed by atoms with Crippen molar-refractivity contribution in [2.45, 2.75) is 72.8 Å². The summed E-state index contributed by atoms with van der Waals surface area (Å²) in [6.07, 6.45) is 6.30. The number of hydrogen-bond donors (Lipinski definition) is 2. The van der Waals surface area contributed by atoms with Gasteiger partial charge in [-0.1, -0.05) is 20.8 Å². The molecule has 1 fully saturated rings. The molecule has 26 heavy (non-hydrogen) atoms. The Bertz CT molecular complexity index is 359. The quantitative estimate of drug-likeness (QED) is 0.316. The monoisotopic (exact) mass is 367 g/mol. The number of rotatable bonds is 12. The molecule has 154 valence electrons. The Hall–Kier alpha value is -0.810. The fraction of sp³-hybridized carbons (Fsp3) is 0.952. The molecule has 0 bridgehead atoms. The minimum atomic E-state index is 0.465. The van der Waals surface area contributed by atoms with E-state index in [0.29, 0.717) is 6.04 Å². The highest BCUT2D eigenvalue weighted by Gasteiger charge is 2.14. The summed E-state index contributed by atoms with van der Waals surface area (Å²) in [6, 6.07) is 0.465. The SMILES string of the molecule is CCNC(=NCCCN1CCC(C)CC1)NC(C)CCCN(CC)CC. The molecule has 1 saturated heterocycles. The van der Waals surface area contributed by atoms with Crippen LogP contribution in [0.3, 0.4) is 0 Å². The highest BCUT2D eigenvalue weighted by molar-refractivity contribution is 5.80. The smallest absolute Gasteiger partial charge is 0.191 e. The highest BCUT2D eigenvalue weighted by Crippen LogP contribution is 2.15. The Balaban J connectivity index is 2.24. The Morgan fingerprint density at radius 1 is 1.15 bits per heavy atom. The van der Waals surface area contributed by atoms with Crippen molar-refractivity contribution in [2.24, 2.45) is 10.9 Å². The maximum Gasteiger partial charge on any atom is 0.191 e. The molecule has 0 radical (unpaired) electrons. The lowest BCUT2D eigenvalue weighted by molar-refractivity contribution is 0.191. The van der Waals surface area contributed by atoms with Crippen LogP contribution >= 0.6 is 0 Å². The third-order valence-electron chi connectivity index (χ3n) is 5.51. The first kappa shape index (κ1) is 23.2. The molecule has 0 aromatic rings. The summed E-state index contributed by atoms with van der Waals surface area (Å²) in [5.41, 5.74) is 0. The van der Waals surface area contributed by atoms with Gasteiger partial charge in [0.05, 0.1) is 0 Å². The Labute approximate surface area is 163 Å². The van der Waals surface area contributed by atoms with Crippen molar-refractivity contribution in [2.75, 3.05) is 52.4 Å². The van der Waals surface area contributed by atoms with Crippen LogP contribution in [-0.2, 0) is 0 Å². The fourth-order valence-corrected chi connectivity index (χ4v) is 3.56. The molecular formula is C21H45N5. The lowest BCUT2D eigenvalue weighted by Gasteiger charge is -2.29. The molecule has 1 aliphatic rings. The molecule has 1 aliphatic heterocycles. The molecule has 0 amide bonds. The molecule has 5 heteroatoms. The van der Waals surface area contributed by atoms with E-state index in [0.717, 1.165) is 44.5 Å². The molecule has 5 nitrogen and oxygen atoms in total. The summed E-state index contributed by atoms with van der Waals surface area (Å²) >= 11 is 0. The number of guanidine groups is 1. The van der Waals surface area contributed by atoms with E-state index in [1.165, 1.54) is 51.9 Å². The van der Waals surface area contributed by atoms with Gasteiger partial charge in [-0.05, 0) is 91.1 Å². The van der Waals surface area contributed by atoms with Gasteiger partial charge in [-0.25, -0.2) is 0 Å². The molecule has 1 heterocycles. The van der Waals surface area contributed by atoms with Gasteiger partial charge in [0.1, 0.15) is 0 Å². The van der Waals surface area contributed by atoms with Crippen LogP contribution in [0, 0.1) is 5.92 Å². The minimum absolute atomic E-state index is 0.465. The van der Waals surface area contributed by atoms with E-state index < -0.39 is 0 Å². The second kappa shape index (κ2) is 14.3. The van der Waals surface area contributed by atoms with Gasteiger partial charge in [-0.2, -0.15) is 0 Å². The highest BCUT2D eigenvalue weighted by atomic mass is 15.2. The number of piperidine rings is 1. The largest absolute Gasteiger partial charge is 0.357 e. The van der Waals surface area contributed by atoms with Crippen molar-refractivity contribution in [3.8, 4) is 0 Å². The van der Waals surface area contributed by atoms with Gasteiger partial charge in [0, 0.05) is 19.1 Å². The van der Waals surface area contributed by atoms with E-state index in [1.807, 2.05) is 0 Å². The second-order valence-corrected chi connectivity index (χ2v) is 7.85. The molecule has 0 aromatic carbocycles. The first-order chi connectivity index (χ1) is 12.6. The molecule has 0 aliphatic carbocycles. The van der Waals surface area contributed by atoms with E-state index in [-0.39, 0.29) is 0 Å². The standard InChI is InChI=1S/C21H45N5/c1-6-22-21(24-20(5)11-9-15-25(7-2)8-3)23-14-10-16-26-17-12-19(4)13-18-26/h19-20H,6-18H2,1-5H3,(H2,22,23,24). The summed E-state index contributed by atoms with van der Waals surface area (Å²) < 4.78 is 0. The minimum Gasteiger partial charge on any atom is -0.357 e. The molecule has 0 aromatic heterocycles. The number of aliphatic imine (C=N–C) groups is 1. The summed E-state index contributed by atoms with van der Waals surface area (Å²) in [5, 5.41) is 6.97. The molecule has 1 atom stereocenters. The van der Waals surface area contributed by atoms with E-state index in [9.17, 15) is 0 Å². The van der Waals surface area contributed by atoms with Crippen molar-refractivity contribution in [1.29, 1.82) is 0 Å². The van der Waals surface area contributed by atoms with E-state index in [2.05, 4.69) is 55.1 Å². The van der Waals surface area contributed by atoms with Crippen LogP contribution in [0.15, 0.2) is 4.99 Å². The summed E-state index contributed by atoms with van der Waals surface area (Å²) in [7, 11) is 0. The predicted octanol–water partition coefficient (Wildman–Crippen LogP) is 3.17. The van der Waals surface area contributed by atoms with Crippen LogP contribution in [0.1, 0.15) is 66.7 Å². The Morgan fingerprint density at radius 2 is 1.85 bits per heavy atom. The maximum atomic E-state index is 4.79. The van der Waals surface area contributed by atoms with Gasteiger partial charge < -0.3 is 20.4 Å². The lowest BCUT2D eigenvalue weighted by Crippen LogP contribution is -2.42. The zero-order chi connectivity index (χ0) is 19.2. The van der Waals surface area contributed by atoms with Gasteiger partial charge in [-0.15, -0.1) is 0 Å². The second-order valence-electron chi connectivity index (χ2n) is 7.85. The number of likely N-dealkylation sites (tertiary alicyclic amines) is 1. The normalized spacial score (nSPS) is 18.3. The van der Waals surface area contributed by atoms with Crippen LogP contribution in [-0.4, -0.2) is 74.2 Å². The lowest BCUT2D eigenvalue weighted by atomic mass is 9.99. The molecule has 2 N–H and O–H groups in total. The number of nitrogens with one attached hydrogen (secondary N) is 2. The van der Waals surface area contributed by atoms with Crippen LogP contribution in [0.4, 0.5) is 0 Å². The fourth-order valence-electron chi connectivity index (χ4n) is 3.56. The van der Waals surface area contributed by atoms with E-state index >= 15 is 0 Å². The Kier molecular flexibility index (Phi) is 12.8. The van der Waals surface area contributed by atoms with Crippen LogP contribution in [0.2, 0.25) is 0 Å². The zero-order valence-electron chi connectivity index (χ0n) is 18.2. The third-order valence-corrected chi connectivity index (χ3v) is 5.51. The Morgan fingerprint density at radius 3 is 2.46 bits per heavy atom. The molecule has 1 rings (SSSR count). The third kappa shape index (κ3) is 10.4. The van der Waals surface area contributed by atoms with Crippen molar-refractivity contribution in [3.63, 3.8) is 0 Å². The summed E-state index contributed by atoms with van der Waals surface area (Å²) in [6.45, 7) is 20.3. The van der Waals surface area contributed by atoms with Crippen molar-refractivity contribution >= 4 is 5.96 Å². The molecule has 0 saturated carbocycles. The molecule has 0 spiro atoms. The van der Waals surface area contributed by atoms with E-state index in [1.54, 1.807) is 0 Å². The predicted molar refractivity (Wildman–Crippen MR) is 115 cm³/mol. The van der Waals surface area contributed by atoms with Gasteiger partial charge in [-0.3, -0.25) is 4.99 Å².